The van der Waals surface area contributed by atoms with Crippen LogP contribution >= 0.6 is 0 Å². The summed E-state index contributed by atoms with van der Waals surface area (Å²) in [5.74, 6) is 0.243. The Morgan fingerprint density at radius 3 is 2.43 bits per heavy atom. The molecule has 1 aliphatic heterocycles. The molecule has 1 unspecified atom stereocenters. The smallest absolute Gasteiger partial charge is 0.239 e. The van der Waals surface area contributed by atoms with Crippen molar-refractivity contribution in [3.63, 3.8) is 0 Å². The zero-order chi connectivity index (χ0) is 15.7. The van der Waals surface area contributed by atoms with E-state index in [4.69, 9.17) is 5.73 Å². The monoisotopic (exact) mass is 297 g/mol. The van der Waals surface area contributed by atoms with E-state index in [0.717, 1.165) is 51.5 Å². The minimum atomic E-state index is -0.380. The van der Waals surface area contributed by atoms with Crippen molar-refractivity contribution in [2.24, 2.45) is 11.7 Å². The molecule has 0 bridgehead atoms. The molecule has 3 N–H and O–H groups in total. The van der Waals surface area contributed by atoms with Gasteiger partial charge in [0.1, 0.15) is 0 Å². The van der Waals surface area contributed by atoms with E-state index in [0.29, 0.717) is 13.1 Å². The van der Waals surface area contributed by atoms with Crippen LogP contribution in [-0.4, -0.2) is 42.4 Å². The molecule has 2 amide bonds. The summed E-state index contributed by atoms with van der Waals surface area (Å²) in [5, 5.41) is 3.01. The standard InChI is InChI=1S/C16H31N3O2/c1-3-5-6-10-18-15(20)13-8-11-19(12-9-13)16(21)14(17)7-4-2/h13-14H,3-12,17H2,1-2H3,(H,18,20). The molecule has 5 heteroatoms. The summed E-state index contributed by atoms with van der Waals surface area (Å²) in [7, 11) is 0. The van der Waals surface area contributed by atoms with Gasteiger partial charge >= 0.3 is 0 Å². The summed E-state index contributed by atoms with van der Waals surface area (Å²) in [6.45, 7) is 6.26. The number of piperidine rings is 1. The van der Waals surface area contributed by atoms with Crippen LogP contribution in [0.5, 0.6) is 0 Å². The molecule has 0 aromatic rings. The van der Waals surface area contributed by atoms with Crippen molar-refractivity contribution in [3.05, 3.63) is 0 Å². The van der Waals surface area contributed by atoms with E-state index in [1.54, 1.807) is 0 Å². The number of carbonyl (C=O) groups excluding carboxylic acids is 2. The zero-order valence-corrected chi connectivity index (χ0v) is 13.6. The summed E-state index contributed by atoms with van der Waals surface area (Å²) in [4.78, 5) is 26.0. The molecular weight excluding hydrogens is 266 g/mol. The van der Waals surface area contributed by atoms with Gasteiger partial charge in [0.25, 0.3) is 0 Å². The lowest BCUT2D eigenvalue weighted by molar-refractivity contribution is -0.136. The van der Waals surface area contributed by atoms with E-state index in [2.05, 4.69) is 12.2 Å². The third-order valence-corrected chi connectivity index (χ3v) is 4.17. The first kappa shape index (κ1) is 18.0. The average molecular weight is 297 g/mol. The quantitative estimate of drug-likeness (QED) is 0.669. The number of likely N-dealkylation sites (tertiary alicyclic amines) is 1. The molecule has 1 aliphatic rings. The molecule has 0 aromatic heterocycles. The normalized spacial score (nSPS) is 17.6. The van der Waals surface area contributed by atoms with Crippen molar-refractivity contribution in [1.82, 2.24) is 10.2 Å². The molecule has 0 aliphatic carbocycles. The lowest BCUT2D eigenvalue weighted by atomic mass is 9.95. The van der Waals surface area contributed by atoms with Crippen LogP contribution in [0.25, 0.3) is 0 Å². The molecule has 0 spiro atoms. The summed E-state index contributed by atoms with van der Waals surface area (Å²) >= 11 is 0. The van der Waals surface area contributed by atoms with Gasteiger partial charge in [0, 0.05) is 25.6 Å². The van der Waals surface area contributed by atoms with Gasteiger partial charge in [-0.15, -0.1) is 0 Å². The van der Waals surface area contributed by atoms with Gasteiger partial charge in [-0.25, -0.2) is 0 Å². The van der Waals surface area contributed by atoms with Crippen LogP contribution in [0.3, 0.4) is 0 Å². The van der Waals surface area contributed by atoms with Crippen molar-refractivity contribution < 1.29 is 9.59 Å². The highest BCUT2D eigenvalue weighted by Crippen LogP contribution is 2.18. The maximum atomic E-state index is 12.1. The predicted octanol–water partition coefficient (Wildman–Crippen LogP) is 1.66. The third-order valence-electron chi connectivity index (χ3n) is 4.17. The van der Waals surface area contributed by atoms with E-state index in [1.165, 1.54) is 0 Å². The Morgan fingerprint density at radius 2 is 1.86 bits per heavy atom. The molecule has 1 heterocycles. The number of nitrogens with zero attached hydrogens (tertiary/aromatic N) is 1. The second kappa shape index (κ2) is 9.77. The minimum absolute atomic E-state index is 0.0404. The Balaban J connectivity index is 2.28. The Kier molecular flexibility index (Phi) is 8.35. The van der Waals surface area contributed by atoms with Crippen LogP contribution in [0.15, 0.2) is 0 Å². The van der Waals surface area contributed by atoms with Crippen LogP contribution in [0, 0.1) is 5.92 Å². The molecule has 0 saturated carbocycles. The maximum Gasteiger partial charge on any atom is 0.239 e. The Hall–Kier alpha value is -1.10. The van der Waals surface area contributed by atoms with E-state index in [9.17, 15) is 9.59 Å². The molecule has 21 heavy (non-hydrogen) atoms. The third kappa shape index (κ3) is 6.04. The highest BCUT2D eigenvalue weighted by atomic mass is 16.2. The fourth-order valence-electron chi connectivity index (χ4n) is 2.76. The van der Waals surface area contributed by atoms with E-state index < -0.39 is 0 Å². The number of nitrogens with two attached hydrogens (primary N) is 1. The van der Waals surface area contributed by atoms with Crippen LogP contribution in [-0.2, 0) is 9.59 Å². The number of hydrogen-bond donors (Lipinski definition) is 2. The fourth-order valence-corrected chi connectivity index (χ4v) is 2.76. The summed E-state index contributed by atoms with van der Waals surface area (Å²) in [5.41, 5.74) is 5.88. The van der Waals surface area contributed by atoms with Gasteiger partial charge in [0.2, 0.25) is 11.8 Å². The number of nitrogens with one attached hydrogen (secondary N) is 1. The molecular formula is C16H31N3O2. The lowest BCUT2D eigenvalue weighted by Gasteiger charge is -2.33. The lowest BCUT2D eigenvalue weighted by Crippen LogP contribution is -2.48. The highest BCUT2D eigenvalue weighted by molar-refractivity contribution is 5.82. The fraction of sp³-hybridized carbons (Fsp3) is 0.875. The van der Waals surface area contributed by atoms with Crippen molar-refractivity contribution >= 4 is 11.8 Å². The Bertz CT molecular complexity index is 325. The van der Waals surface area contributed by atoms with Crippen LogP contribution in [0.1, 0.15) is 58.8 Å². The molecule has 0 aromatic carbocycles. The second-order valence-corrected chi connectivity index (χ2v) is 5.99. The zero-order valence-electron chi connectivity index (χ0n) is 13.6. The Labute approximate surface area is 128 Å². The van der Waals surface area contributed by atoms with Gasteiger partial charge < -0.3 is 16.0 Å². The minimum Gasteiger partial charge on any atom is -0.356 e. The number of amides is 2. The summed E-state index contributed by atoms with van der Waals surface area (Å²) in [6.07, 6.45) is 6.52. The Morgan fingerprint density at radius 1 is 1.19 bits per heavy atom. The first-order valence-electron chi connectivity index (χ1n) is 8.42. The van der Waals surface area contributed by atoms with E-state index >= 15 is 0 Å². The molecule has 1 atom stereocenters. The number of carbonyl (C=O) groups is 2. The van der Waals surface area contributed by atoms with Gasteiger partial charge in [0.15, 0.2) is 0 Å². The number of unbranched alkanes of at least 4 members (excludes halogenated alkanes) is 2. The molecule has 1 rings (SSSR count). The van der Waals surface area contributed by atoms with Crippen LogP contribution in [0.4, 0.5) is 0 Å². The van der Waals surface area contributed by atoms with Gasteiger partial charge in [-0.3, -0.25) is 9.59 Å². The van der Waals surface area contributed by atoms with E-state index in [-0.39, 0.29) is 23.8 Å². The van der Waals surface area contributed by atoms with Gasteiger partial charge in [-0.1, -0.05) is 33.1 Å². The molecule has 1 fully saturated rings. The molecule has 1 saturated heterocycles. The van der Waals surface area contributed by atoms with Gasteiger partial charge in [-0.05, 0) is 25.7 Å². The van der Waals surface area contributed by atoms with Gasteiger partial charge in [0.05, 0.1) is 6.04 Å². The predicted molar refractivity (Wildman–Crippen MR) is 84.7 cm³/mol. The van der Waals surface area contributed by atoms with Crippen molar-refractivity contribution in [1.29, 1.82) is 0 Å². The topological polar surface area (TPSA) is 75.4 Å². The largest absolute Gasteiger partial charge is 0.356 e. The molecule has 0 radical (unpaired) electrons. The maximum absolute atomic E-state index is 12.1. The highest BCUT2D eigenvalue weighted by Gasteiger charge is 2.28. The van der Waals surface area contributed by atoms with E-state index in [1.807, 2.05) is 11.8 Å². The number of rotatable bonds is 8. The first-order valence-corrected chi connectivity index (χ1v) is 8.42. The molecule has 5 nitrogen and oxygen atoms in total. The first-order chi connectivity index (χ1) is 10.1. The van der Waals surface area contributed by atoms with Gasteiger partial charge in [-0.2, -0.15) is 0 Å². The SMILES string of the molecule is CCCCCNC(=O)C1CCN(C(=O)C(N)CCC)CC1. The molecule has 122 valence electrons. The van der Waals surface area contributed by atoms with Crippen LogP contribution in [0.2, 0.25) is 0 Å². The number of hydrogen-bond acceptors (Lipinski definition) is 3. The van der Waals surface area contributed by atoms with Crippen molar-refractivity contribution in [2.75, 3.05) is 19.6 Å². The van der Waals surface area contributed by atoms with Crippen molar-refractivity contribution in [2.45, 2.75) is 64.8 Å². The summed E-state index contributed by atoms with van der Waals surface area (Å²) < 4.78 is 0. The average Bonchev–Trinajstić information content (AvgIpc) is 2.51. The van der Waals surface area contributed by atoms with Crippen molar-refractivity contribution in [3.8, 4) is 0 Å². The second-order valence-electron chi connectivity index (χ2n) is 5.99. The summed E-state index contributed by atoms with van der Waals surface area (Å²) in [6, 6.07) is -0.380. The van der Waals surface area contributed by atoms with Crippen LogP contribution < -0.4 is 11.1 Å².